The summed E-state index contributed by atoms with van der Waals surface area (Å²) in [6, 6.07) is 0. The Labute approximate surface area is 210 Å². The van der Waals surface area contributed by atoms with Crippen LogP contribution in [0.1, 0.15) is 117 Å². The Morgan fingerprint density at radius 3 is 1.85 bits per heavy atom. The van der Waals surface area contributed by atoms with Gasteiger partial charge in [-0.05, 0) is 25.7 Å². The zero-order valence-electron chi connectivity index (χ0n) is 22.2. The first-order chi connectivity index (χ1) is 16.7. The predicted octanol–water partition coefficient (Wildman–Crippen LogP) is 4.92. The third kappa shape index (κ3) is 21.4. The largest absolute Gasteiger partial charge is 0.464 e. The topological polar surface area (TPSA) is 90.8 Å². The lowest BCUT2D eigenvalue weighted by Crippen LogP contribution is -2.44. The molecule has 1 atom stereocenters. The Balaban J connectivity index is 4.36. The standard InChI is InChI=1S/C28H54N2O4/c1-3-5-7-9-10-11-14-18-26(28(33)34-25-17-12-8-6-4-2)19-15-13-16-20-27(29-21-23-31)30-22-24-32/h26-27,29-32H,3-7,9-11,13-25H2,1-2H3. The maximum atomic E-state index is 12.7. The van der Waals surface area contributed by atoms with Gasteiger partial charge in [-0.1, -0.05) is 84.0 Å². The van der Waals surface area contributed by atoms with Crippen molar-refractivity contribution in [1.29, 1.82) is 0 Å². The number of ether oxygens (including phenoxy) is 1. The molecular weight excluding hydrogens is 428 g/mol. The number of rotatable bonds is 24. The van der Waals surface area contributed by atoms with E-state index in [1.165, 1.54) is 38.5 Å². The molecule has 0 spiro atoms. The third-order valence-corrected chi connectivity index (χ3v) is 6.01. The minimum Gasteiger partial charge on any atom is -0.464 e. The van der Waals surface area contributed by atoms with Crippen molar-refractivity contribution in [2.75, 3.05) is 32.9 Å². The van der Waals surface area contributed by atoms with Crippen LogP contribution in [0.5, 0.6) is 0 Å². The van der Waals surface area contributed by atoms with Gasteiger partial charge in [0.15, 0.2) is 0 Å². The number of aliphatic hydroxyl groups excluding tert-OH is 2. The molecule has 34 heavy (non-hydrogen) atoms. The van der Waals surface area contributed by atoms with Crippen LogP contribution in [-0.2, 0) is 9.53 Å². The second-order valence-corrected chi connectivity index (χ2v) is 9.17. The number of hydrogen-bond donors (Lipinski definition) is 4. The molecule has 1 unspecified atom stereocenters. The van der Waals surface area contributed by atoms with Crippen LogP contribution in [0.3, 0.4) is 0 Å². The van der Waals surface area contributed by atoms with Gasteiger partial charge in [-0.15, -0.1) is 5.92 Å². The van der Waals surface area contributed by atoms with Gasteiger partial charge in [0.2, 0.25) is 0 Å². The minimum atomic E-state index is -0.0459. The fourth-order valence-electron chi connectivity index (χ4n) is 4.02. The van der Waals surface area contributed by atoms with E-state index in [1.54, 1.807) is 0 Å². The summed E-state index contributed by atoms with van der Waals surface area (Å²) in [6.45, 7) is 6.03. The first kappa shape index (κ1) is 32.9. The van der Waals surface area contributed by atoms with Crippen LogP contribution in [0, 0.1) is 17.8 Å². The van der Waals surface area contributed by atoms with Crippen LogP contribution in [0.2, 0.25) is 0 Å². The number of hydrogen-bond acceptors (Lipinski definition) is 6. The van der Waals surface area contributed by atoms with Crippen LogP contribution in [-0.4, -0.2) is 55.3 Å². The molecule has 200 valence electrons. The molecule has 6 heteroatoms. The Bertz CT molecular complexity index is 496. The quantitative estimate of drug-likeness (QED) is 0.0676. The van der Waals surface area contributed by atoms with E-state index in [-0.39, 0.29) is 31.3 Å². The maximum absolute atomic E-state index is 12.7. The highest BCUT2D eigenvalue weighted by Gasteiger charge is 2.19. The summed E-state index contributed by atoms with van der Waals surface area (Å²) in [5.41, 5.74) is 0. The molecule has 0 aliphatic carbocycles. The fourth-order valence-corrected chi connectivity index (χ4v) is 4.02. The fraction of sp³-hybridized carbons (Fsp3) is 0.893. The molecule has 0 amide bonds. The number of nitrogens with one attached hydrogen (secondary N) is 2. The van der Waals surface area contributed by atoms with Crippen molar-refractivity contribution in [2.45, 2.75) is 123 Å². The van der Waals surface area contributed by atoms with Crippen LogP contribution in [0.4, 0.5) is 0 Å². The average Bonchev–Trinajstić information content (AvgIpc) is 2.85. The van der Waals surface area contributed by atoms with Crippen molar-refractivity contribution in [2.24, 2.45) is 5.92 Å². The zero-order chi connectivity index (χ0) is 25.1. The van der Waals surface area contributed by atoms with Gasteiger partial charge < -0.3 is 14.9 Å². The summed E-state index contributed by atoms with van der Waals surface area (Å²) in [5.74, 6) is 6.14. The van der Waals surface area contributed by atoms with E-state index >= 15 is 0 Å². The molecule has 6 nitrogen and oxygen atoms in total. The van der Waals surface area contributed by atoms with Gasteiger partial charge in [0.05, 0.1) is 25.3 Å². The molecule has 0 saturated heterocycles. The molecule has 0 saturated carbocycles. The summed E-state index contributed by atoms with van der Waals surface area (Å²) in [6.07, 6.45) is 17.3. The van der Waals surface area contributed by atoms with E-state index in [1.807, 2.05) is 0 Å². The Kier molecular flexibility index (Phi) is 25.6. The molecule has 0 aromatic carbocycles. The highest BCUT2D eigenvalue weighted by Crippen LogP contribution is 2.21. The van der Waals surface area contributed by atoms with Gasteiger partial charge in [0, 0.05) is 25.9 Å². The lowest BCUT2D eigenvalue weighted by Gasteiger charge is -2.20. The van der Waals surface area contributed by atoms with Crippen molar-refractivity contribution in [3.8, 4) is 11.8 Å². The Morgan fingerprint density at radius 1 is 0.735 bits per heavy atom. The monoisotopic (exact) mass is 482 g/mol. The van der Waals surface area contributed by atoms with Gasteiger partial charge in [-0.25, -0.2) is 0 Å². The molecule has 0 aromatic heterocycles. The summed E-state index contributed by atoms with van der Waals surface area (Å²) in [4.78, 5) is 12.7. The molecule has 0 heterocycles. The SMILES string of the molecule is CCCC#CCCOC(=O)C(CCCCCCCCC)CCCCCC(NCCO)NCCO. The highest BCUT2D eigenvalue weighted by atomic mass is 16.5. The average molecular weight is 483 g/mol. The van der Waals surface area contributed by atoms with Gasteiger partial charge >= 0.3 is 5.97 Å². The zero-order valence-corrected chi connectivity index (χ0v) is 22.2. The van der Waals surface area contributed by atoms with Gasteiger partial charge in [-0.3, -0.25) is 15.4 Å². The molecule has 0 aliphatic rings. The van der Waals surface area contributed by atoms with E-state index in [4.69, 9.17) is 14.9 Å². The Morgan fingerprint density at radius 2 is 1.26 bits per heavy atom. The number of carbonyl (C=O) groups is 1. The van der Waals surface area contributed by atoms with Crippen LogP contribution in [0.25, 0.3) is 0 Å². The van der Waals surface area contributed by atoms with Gasteiger partial charge in [-0.2, -0.15) is 0 Å². The molecule has 0 radical (unpaired) electrons. The maximum Gasteiger partial charge on any atom is 0.308 e. The van der Waals surface area contributed by atoms with E-state index in [9.17, 15) is 4.79 Å². The summed E-state index contributed by atoms with van der Waals surface area (Å²) >= 11 is 0. The first-order valence-electron chi connectivity index (χ1n) is 14.0. The van der Waals surface area contributed by atoms with Crippen molar-refractivity contribution < 1.29 is 19.7 Å². The normalized spacial score (nSPS) is 11.9. The van der Waals surface area contributed by atoms with E-state index < -0.39 is 0 Å². The second-order valence-electron chi connectivity index (χ2n) is 9.17. The lowest BCUT2D eigenvalue weighted by atomic mass is 9.94. The van der Waals surface area contributed by atoms with Crippen molar-refractivity contribution >= 4 is 5.97 Å². The highest BCUT2D eigenvalue weighted by molar-refractivity contribution is 5.72. The van der Waals surface area contributed by atoms with Crippen LogP contribution >= 0.6 is 0 Å². The molecule has 0 fully saturated rings. The van der Waals surface area contributed by atoms with Crippen LogP contribution < -0.4 is 10.6 Å². The van der Waals surface area contributed by atoms with Crippen molar-refractivity contribution in [3.63, 3.8) is 0 Å². The number of unbranched alkanes of at least 4 members (excludes halogenated alkanes) is 9. The number of aliphatic hydroxyl groups is 2. The van der Waals surface area contributed by atoms with Crippen molar-refractivity contribution in [3.05, 3.63) is 0 Å². The van der Waals surface area contributed by atoms with Gasteiger partial charge in [0.1, 0.15) is 6.61 Å². The van der Waals surface area contributed by atoms with Gasteiger partial charge in [0.25, 0.3) is 0 Å². The van der Waals surface area contributed by atoms with E-state index in [0.29, 0.717) is 26.1 Å². The summed E-state index contributed by atoms with van der Waals surface area (Å²) in [5, 5.41) is 24.6. The van der Waals surface area contributed by atoms with Crippen LogP contribution in [0.15, 0.2) is 0 Å². The summed E-state index contributed by atoms with van der Waals surface area (Å²) in [7, 11) is 0. The lowest BCUT2D eigenvalue weighted by molar-refractivity contribution is -0.149. The first-order valence-corrected chi connectivity index (χ1v) is 14.0. The smallest absolute Gasteiger partial charge is 0.308 e. The molecule has 0 rings (SSSR count). The Hall–Kier alpha value is -1.13. The predicted molar refractivity (Wildman–Crippen MR) is 141 cm³/mol. The van der Waals surface area contributed by atoms with E-state index in [2.05, 4.69) is 36.3 Å². The molecule has 0 aliphatic heterocycles. The molecule has 4 N–H and O–H groups in total. The second kappa shape index (κ2) is 26.5. The third-order valence-electron chi connectivity index (χ3n) is 6.01. The molecule has 0 aromatic rings. The number of carbonyl (C=O) groups excluding carboxylic acids is 1. The molecule has 0 bridgehead atoms. The van der Waals surface area contributed by atoms with Crippen molar-refractivity contribution in [1.82, 2.24) is 10.6 Å². The minimum absolute atomic E-state index is 0.00457. The number of esters is 1. The molecular formula is C28H54N2O4. The summed E-state index contributed by atoms with van der Waals surface area (Å²) < 4.78 is 5.57. The van der Waals surface area contributed by atoms with E-state index in [0.717, 1.165) is 57.8 Å².